The molecule has 1 saturated heterocycles. The van der Waals surface area contributed by atoms with Crippen LogP contribution < -0.4 is 10.1 Å². The van der Waals surface area contributed by atoms with Crippen molar-refractivity contribution in [2.24, 2.45) is 4.99 Å². The summed E-state index contributed by atoms with van der Waals surface area (Å²) in [6.07, 6.45) is 7.17. The molecule has 1 aliphatic heterocycles. The fourth-order valence-corrected chi connectivity index (χ4v) is 4.05. The Kier molecular flexibility index (Phi) is 5.80. The molecule has 3 aromatic rings. The summed E-state index contributed by atoms with van der Waals surface area (Å²) in [6, 6.07) is 17.3. The molecular formula is C24H17ClN2O2S. The second kappa shape index (κ2) is 8.66. The van der Waals surface area contributed by atoms with Crippen LogP contribution in [-0.2, 0) is 4.79 Å². The number of fused-ring (bicyclic) bond motifs is 1. The van der Waals surface area contributed by atoms with E-state index >= 15 is 0 Å². The fourth-order valence-electron chi connectivity index (χ4n) is 3.05. The quantitative estimate of drug-likeness (QED) is 0.424. The Bertz CT molecular complexity index is 1260. The topological polar surface area (TPSA) is 50.7 Å². The molecule has 3 aromatic carbocycles. The van der Waals surface area contributed by atoms with Gasteiger partial charge in [0.2, 0.25) is 0 Å². The number of halogens is 1. The number of aryl methyl sites for hydroxylation is 1. The van der Waals surface area contributed by atoms with Crippen molar-refractivity contribution in [3.8, 4) is 18.1 Å². The van der Waals surface area contributed by atoms with E-state index in [1.54, 1.807) is 6.07 Å². The third kappa shape index (κ3) is 4.20. The highest BCUT2D eigenvalue weighted by Crippen LogP contribution is 2.35. The van der Waals surface area contributed by atoms with Crippen LogP contribution in [-0.4, -0.2) is 17.7 Å². The largest absolute Gasteiger partial charge is 0.480 e. The standard InChI is InChI=1S/C24H17ClN2O2S/c1-3-12-29-21-11-9-16-6-4-5-7-18(16)19(21)14-22-23(28)27-24(30-22)26-17-10-8-15(2)20(25)13-17/h1,4-11,13-14H,12H2,2H3,(H,26,27,28)/b22-14-. The number of nitrogens with zero attached hydrogens (tertiary/aromatic N) is 1. The van der Waals surface area contributed by atoms with E-state index in [9.17, 15) is 4.79 Å². The van der Waals surface area contributed by atoms with E-state index in [1.807, 2.05) is 61.5 Å². The average molecular weight is 433 g/mol. The van der Waals surface area contributed by atoms with Crippen molar-refractivity contribution in [1.82, 2.24) is 5.32 Å². The number of carbonyl (C=O) groups excluding carboxylic acids is 1. The summed E-state index contributed by atoms with van der Waals surface area (Å²) in [4.78, 5) is 17.6. The lowest BCUT2D eigenvalue weighted by molar-refractivity contribution is -0.115. The van der Waals surface area contributed by atoms with Gasteiger partial charge < -0.3 is 10.1 Å². The van der Waals surface area contributed by atoms with Gasteiger partial charge in [-0.3, -0.25) is 4.79 Å². The van der Waals surface area contributed by atoms with Crippen LogP contribution in [0.25, 0.3) is 16.8 Å². The van der Waals surface area contributed by atoms with Crippen molar-refractivity contribution in [3.05, 3.63) is 75.7 Å². The molecule has 1 aliphatic rings. The van der Waals surface area contributed by atoms with Crippen molar-refractivity contribution in [2.75, 3.05) is 6.61 Å². The number of terminal acetylenes is 1. The number of aliphatic imine (C=N–C) groups is 1. The van der Waals surface area contributed by atoms with E-state index in [0.29, 0.717) is 26.5 Å². The maximum atomic E-state index is 12.6. The fraction of sp³-hybridized carbons (Fsp3) is 0.0833. The first-order valence-electron chi connectivity index (χ1n) is 9.19. The van der Waals surface area contributed by atoms with Crippen molar-refractivity contribution in [1.29, 1.82) is 0 Å². The van der Waals surface area contributed by atoms with Crippen LogP contribution in [0.5, 0.6) is 5.75 Å². The SMILES string of the molecule is C#CCOc1ccc2ccccc2c1/C=C1\SC(=Nc2ccc(C)c(Cl)c2)NC1=O. The Balaban J connectivity index is 1.72. The van der Waals surface area contributed by atoms with E-state index in [-0.39, 0.29) is 12.5 Å². The van der Waals surface area contributed by atoms with Crippen molar-refractivity contribution >= 4 is 57.0 Å². The van der Waals surface area contributed by atoms with E-state index in [2.05, 4.69) is 16.2 Å². The number of carbonyl (C=O) groups is 1. The maximum Gasteiger partial charge on any atom is 0.264 e. The molecule has 6 heteroatoms. The van der Waals surface area contributed by atoms with Gasteiger partial charge in [-0.05, 0) is 59.3 Å². The van der Waals surface area contributed by atoms with Gasteiger partial charge in [0.05, 0.1) is 10.6 Å². The minimum Gasteiger partial charge on any atom is -0.480 e. The third-order valence-corrected chi connectivity index (χ3v) is 5.87. The minimum atomic E-state index is -0.215. The monoisotopic (exact) mass is 432 g/mol. The number of amidine groups is 1. The number of rotatable bonds is 4. The van der Waals surface area contributed by atoms with E-state index in [4.69, 9.17) is 22.8 Å². The number of nitrogens with one attached hydrogen (secondary N) is 1. The molecule has 30 heavy (non-hydrogen) atoms. The van der Waals surface area contributed by atoms with Crippen LogP contribution in [0.3, 0.4) is 0 Å². The summed E-state index contributed by atoms with van der Waals surface area (Å²) < 4.78 is 5.72. The average Bonchev–Trinajstić information content (AvgIpc) is 3.08. The molecule has 0 bridgehead atoms. The van der Waals surface area contributed by atoms with E-state index in [1.165, 1.54) is 11.8 Å². The Hall–Kier alpha value is -3.20. The molecule has 0 radical (unpaired) electrons. The molecule has 148 valence electrons. The van der Waals surface area contributed by atoms with E-state index < -0.39 is 0 Å². The van der Waals surface area contributed by atoms with Crippen LogP contribution in [0, 0.1) is 19.3 Å². The Labute approximate surface area is 184 Å². The molecule has 1 N–H and O–H groups in total. The Morgan fingerprint density at radius 1 is 1.23 bits per heavy atom. The smallest absolute Gasteiger partial charge is 0.264 e. The van der Waals surface area contributed by atoms with Crippen molar-refractivity contribution < 1.29 is 9.53 Å². The molecule has 0 atom stereocenters. The highest BCUT2D eigenvalue weighted by Gasteiger charge is 2.25. The van der Waals surface area contributed by atoms with Gasteiger partial charge in [-0.1, -0.05) is 53.9 Å². The Morgan fingerprint density at radius 2 is 2.07 bits per heavy atom. The zero-order valence-electron chi connectivity index (χ0n) is 16.1. The zero-order valence-corrected chi connectivity index (χ0v) is 17.7. The third-order valence-electron chi connectivity index (χ3n) is 4.55. The highest BCUT2D eigenvalue weighted by molar-refractivity contribution is 8.18. The number of hydrogen-bond acceptors (Lipinski definition) is 4. The van der Waals surface area contributed by atoms with Gasteiger partial charge in [0.25, 0.3) is 5.91 Å². The summed E-state index contributed by atoms with van der Waals surface area (Å²) in [5.41, 5.74) is 2.46. The predicted octanol–water partition coefficient (Wildman–Crippen LogP) is 5.71. The lowest BCUT2D eigenvalue weighted by atomic mass is 10.0. The first-order chi connectivity index (χ1) is 14.5. The number of hydrogen-bond donors (Lipinski definition) is 1. The summed E-state index contributed by atoms with van der Waals surface area (Å²) in [7, 11) is 0. The van der Waals surface area contributed by atoms with Gasteiger partial charge in [0.15, 0.2) is 5.17 Å². The van der Waals surface area contributed by atoms with Gasteiger partial charge in [0, 0.05) is 10.6 Å². The van der Waals surface area contributed by atoms with Gasteiger partial charge in [0.1, 0.15) is 12.4 Å². The van der Waals surface area contributed by atoms with Crippen LogP contribution in [0.15, 0.2) is 64.5 Å². The summed E-state index contributed by atoms with van der Waals surface area (Å²) in [5, 5.41) is 5.96. The molecule has 1 amide bonds. The van der Waals surface area contributed by atoms with Gasteiger partial charge in [-0.15, -0.1) is 6.42 Å². The first kappa shape index (κ1) is 20.1. The molecule has 0 unspecified atom stereocenters. The number of thioether (sulfide) groups is 1. The molecule has 4 nitrogen and oxygen atoms in total. The number of ether oxygens (including phenoxy) is 1. The second-order valence-corrected chi connectivity index (χ2v) is 8.04. The minimum absolute atomic E-state index is 0.148. The zero-order chi connectivity index (χ0) is 21.1. The van der Waals surface area contributed by atoms with E-state index in [0.717, 1.165) is 21.9 Å². The van der Waals surface area contributed by atoms with Crippen LogP contribution >= 0.6 is 23.4 Å². The highest BCUT2D eigenvalue weighted by atomic mass is 35.5. The lowest BCUT2D eigenvalue weighted by Gasteiger charge is -2.10. The molecule has 4 rings (SSSR count). The lowest BCUT2D eigenvalue weighted by Crippen LogP contribution is -2.19. The first-order valence-corrected chi connectivity index (χ1v) is 10.4. The summed E-state index contributed by atoms with van der Waals surface area (Å²) >= 11 is 7.45. The number of benzene rings is 3. The number of amides is 1. The van der Waals surface area contributed by atoms with Gasteiger partial charge >= 0.3 is 0 Å². The van der Waals surface area contributed by atoms with Crippen LogP contribution in [0.2, 0.25) is 5.02 Å². The molecule has 0 aliphatic carbocycles. The van der Waals surface area contributed by atoms with Crippen LogP contribution in [0.1, 0.15) is 11.1 Å². The van der Waals surface area contributed by atoms with Crippen LogP contribution in [0.4, 0.5) is 5.69 Å². The molecule has 0 saturated carbocycles. The normalized spacial score (nSPS) is 16.1. The second-order valence-electron chi connectivity index (χ2n) is 6.61. The van der Waals surface area contributed by atoms with Gasteiger partial charge in [-0.25, -0.2) is 4.99 Å². The molecule has 0 aromatic heterocycles. The van der Waals surface area contributed by atoms with Gasteiger partial charge in [-0.2, -0.15) is 0 Å². The summed E-state index contributed by atoms with van der Waals surface area (Å²) in [6.45, 7) is 2.07. The van der Waals surface area contributed by atoms with Crippen molar-refractivity contribution in [3.63, 3.8) is 0 Å². The Morgan fingerprint density at radius 3 is 2.87 bits per heavy atom. The molecule has 1 fully saturated rings. The molecular weight excluding hydrogens is 416 g/mol. The predicted molar refractivity (Wildman–Crippen MR) is 125 cm³/mol. The molecule has 1 heterocycles. The maximum absolute atomic E-state index is 12.6. The molecule has 0 spiro atoms. The summed E-state index contributed by atoms with van der Waals surface area (Å²) in [5.74, 6) is 2.89. The van der Waals surface area contributed by atoms with Crippen molar-refractivity contribution in [2.45, 2.75) is 6.92 Å².